The van der Waals surface area contributed by atoms with Gasteiger partial charge in [0.05, 0.1) is 0 Å². The van der Waals surface area contributed by atoms with E-state index >= 15 is 0 Å². The summed E-state index contributed by atoms with van der Waals surface area (Å²) >= 11 is 0. The van der Waals surface area contributed by atoms with Gasteiger partial charge in [0.2, 0.25) is 0 Å². The number of rotatable bonds is 10. The van der Waals surface area contributed by atoms with Crippen LogP contribution in [0.2, 0.25) is 0 Å². The molecular weight excluding hydrogens is 482 g/mol. The molecule has 37 heavy (non-hydrogen) atoms. The second-order valence-corrected chi connectivity index (χ2v) is 20.7. The van der Waals surface area contributed by atoms with E-state index in [0.29, 0.717) is 27.8 Å². The van der Waals surface area contributed by atoms with Crippen LogP contribution in [0, 0.1) is 45.4 Å². The normalized spacial score (nSPS) is 16.2. The average molecular weight is 541 g/mol. The number of aryl methyl sites for hydroxylation is 4. The molecule has 0 radical (unpaired) electrons. The monoisotopic (exact) mass is 540 g/mol. The summed E-state index contributed by atoms with van der Waals surface area (Å²) in [6.45, 7) is 34.0. The zero-order valence-corrected chi connectivity index (χ0v) is 28.6. The Morgan fingerprint density at radius 1 is 0.595 bits per heavy atom. The Labute approximate surface area is 234 Å². The minimum atomic E-state index is -0.424. The molecule has 0 aliphatic heterocycles. The molecule has 0 nitrogen and oxygen atoms in total. The van der Waals surface area contributed by atoms with Gasteiger partial charge in [-0.25, -0.2) is 0 Å². The summed E-state index contributed by atoms with van der Waals surface area (Å²) in [5, 5.41) is 3.96. The third-order valence-corrected chi connectivity index (χ3v) is 15.4. The van der Waals surface area contributed by atoms with Gasteiger partial charge >= 0.3 is 0 Å². The van der Waals surface area contributed by atoms with E-state index in [2.05, 4.69) is 133 Å². The van der Waals surface area contributed by atoms with Gasteiger partial charge in [-0.2, -0.15) is 0 Å². The summed E-state index contributed by atoms with van der Waals surface area (Å²) in [5.41, 5.74) is 6.20. The third kappa shape index (κ3) is 9.18. The fraction of sp³-hybridized carbons (Fsp3) is 0.657. The molecule has 0 spiro atoms. The Bertz CT molecular complexity index is 901. The first-order valence-corrected chi connectivity index (χ1v) is 17.6. The molecule has 0 saturated heterocycles. The number of hydrogen-bond acceptors (Lipinski definition) is 0. The van der Waals surface area contributed by atoms with Crippen molar-refractivity contribution in [3.63, 3.8) is 0 Å². The Balaban J connectivity index is 2.26. The maximum atomic E-state index is 2.55. The lowest BCUT2D eigenvalue weighted by molar-refractivity contribution is 0.263. The fourth-order valence-electron chi connectivity index (χ4n) is 6.50. The van der Waals surface area contributed by atoms with Crippen LogP contribution in [0.25, 0.3) is 0 Å². The topological polar surface area (TPSA) is 0 Å². The van der Waals surface area contributed by atoms with Gasteiger partial charge in [0, 0.05) is 0 Å². The van der Waals surface area contributed by atoms with E-state index in [1.807, 2.05) is 0 Å². The largest absolute Gasteiger partial charge is 0.0956 e. The minimum Gasteiger partial charge on any atom is -0.0956 e. The Kier molecular flexibility index (Phi) is 11.5. The van der Waals surface area contributed by atoms with E-state index in [-0.39, 0.29) is 7.92 Å². The second kappa shape index (κ2) is 13.1. The van der Waals surface area contributed by atoms with Crippen LogP contribution >= 0.6 is 15.8 Å². The lowest BCUT2D eigenvalue weighted by atomic mass is 9.81. The van der Waals surface area contributed by atoms with E-state index in [9.17, 15) is 0 Å². The molecule has 2 rings (SSSR count). The van der Waals surface area contributed by atoms with E-state index in [1.165, 1.54) is 41.3 Å². The maximum Gasteiger partial charge on any atom is -0.0129 e. The highest BCUT2D eigenvalue weighted by Gasteiger charge is 2.35. The van der Waals surface area contributed by atoms with Gasteiger partial charge in [-0.05, 0) is 92.5 Å². The molecule has 0 fully saturated rings. The quantitative estimate of drug-likeness (QED) is 0.263. The summed E-state index contributed by atoms with van der Waals surface area (Å²) in [7, 11) is -0.425. The van der Waals surface area contributed by atoms with Crippen LogP contribution in [0.1, 0.15) is 104 Å². The molecule has 0 N–H and O–H groups in total. The van der Waals surface area contributed by atoms with Gasteiger partial charge in [-0.3, -0.25) is 0 Å². The maximum absolute atomic E-state index is 2.55. The molecular formula is C35H58P2. The van der Waals surface area contributed by atoms with Crippen LogP contribution in [-0.2, 0) is 0 Å². The first-order chi connectivity index (χ1) is 16.9. The van der Waals surface area contributed by atoms with E-state index in [0.717, 1.165) is 5.92 Å². The highest BCUT2D eigenvalue weighted by atomic mass is 31.1. The van der Waals surface area contributed by atoms with Crippen LogP contribution in [0.5, 0.6) is 0 Å². The van der Waals surface area contributed by atoms with Crippen molar-refractivity contribution in [1.29, 1.82) is 0 Å². The first kappa shape index (κ1) is 32.5. The highest BCUT2D eigenvalue weighted by Crippen LogP contribution is 2.59. The fourth-order valence-corrected chi connectivity index (χ4v) is 13.7. The first-order valence-electron chi connectivity index (χ1n) is 14.7. The molecule has 0 heterocycles. The smallest absolute Gasteiger partial charge is 0.0129 e. The van der Waals surface area contributed by atoms with Crippen molar-refractivity contribution in [3.05, 3.63) is 58.7 Å². The van der Waals surface area contributed by atoms with Gasteiger partial charge in [-0.15, -0.1) is 0 Å². The van der Waals surface area contributed by atoms with Crippen LogP contribution in [0.15, 0.2) is 36.4 Å². The minimum absolute atomic E-state index is 0.000824. The van der Waals surface area contributed by atoms with Crippen LogP contribution in [-0.4, -0.2) is 22.1 Å². The van der Waals surface area contributed by atoms with Gasteiger partial charge < -0.3 is 0 Å². The van der Waals surface area contributed by atoms with E-state index in [4.69, 9.17) is 0 Å². The predicted octanol–water partition coefficient (Wildman–Crippen LogP) is 10.5. The van der Waals surface area contributed by atoms with Gasteiger partial charge in [0.1, 0.15) is 0 Å². The van der Waals surface area contributed by atoms with Crippen LogP contribution in [0.4, 0.5) is 0 Å². The summed E-state index contributed by atoms with van der Waals surface area (Å²) < 4.78 is 0. The molecule has 0 aliphatic rings. The summed E-state index contributed by atoms with van der Waals surface area (Å²) in [5.74, 6) is 2.14. The zero-order chi connectivity index (χ0) is 28.3. The van der Waals surface area contributed by atoms with E-state index < -0.39 is 7.92 Å². The molecule has 0 aliphatic carbocycles. The highest BCUT2D eigenvalue weighted by molar-refractivity contribution is 7.73. The van der Waals surface area contributed by atoms with Crippen molar-refractivity contribution in [1.82, 2.24) is 0 Å². The summed E-state index contributed by atoms with van der Waals surface area (Å²) in [6, 6.07) is 14.5. The Hall–Kier alpha value is -0.700. The molecule has 2 heteroatoms. The molecule has 0 bridgehead atoms. The SMILES string of the molecule is Cc1cc(C)cc(P(c2cc(C)cc(C)c2)[C@H](C)[C@H](C)C(C)C(C)CCCP(C(C)(C)C)C(C)(C)C)c1. The van der Waals surface area contributed by atoms with E-state index in [1.54, 1.807) is 10.6 Å². The standard InChI is InChI=1S/C35H58P2/c1-24-18-25(2)21-32(20-24)37(33-22-26(3)19-27(4)23-33)31(8)30(7)29(6)28(5)16-15-17-36(34(9,10)11)35(12,13)14/h18-23,28-31H,15-17H2,1-14H3/t28?,29?,30-,31-/m1/s1. The van der Waals surface area contributed by atoms with Crippen molar-refractivity contribution >= 4 is 26.5 Å². The molecule has 2 unspecified atom stereocenters. The van der Waals surface area contributed by atoms with Crippen LogP contribution in [0.3, 0.4) is 0 Å². The predicted molar refractivity (Wildman–Crippen MR) is 176 cm³/mol. The van der Waals surface area contributed by atoms with Crippen molar-refractivity contribution in [2.45, 2.75) is 126 Å². The molecule has 208 valence electrons. The lowest BCUT2D eigenvalue weighted by Crippen LogP contribution is -2.31. The average Bonchev–Trinajstić information content (AvgIpc) is 2.72. The molecule has 4 atom stereocenters. The number of benzene rings is 2. The van der Waals surface area contributed by atoms with Gasteiger partial charge in [0.15, 0.2) is 0 Å². The second-order valence-electron chi connectivity index (χ2n) is 14.1. The van der Waals surface area contributed by atoms with Crippen molar-refractivity contribution in [2.75, 3.05) is 6.16 Å². The molecule has 0 saturated carbocycles. The van der Waals surface area contributed by atoms with Crippen molar-refractivity contribution in [3.8, 4) is 0 Å². The summed E-state index contributed by atoms with van der Waals surface area (Å²) in [6.07, 6.45) is 4.13. The molecule has 0 aromatic heterocycles. The lowest BCUT2D eigenvalue weighted by Gasteiger charge is -2.42. The zero-order valence-electron chi connectivity index (χ0n) is 26.8. The van der Waals surface area contributed by atoms with Crippen molar-refractivity contribution < 1.29 is 0 Å². The third-order valence-electron chi connectivity index (χ3n) is 8.53. The molecule has 2 aromatic carbocycles. The molecule has 0 amide bonds. The Morgan fingerprint density at radius 2 is 0.973 bits per heavy atom. The van der Waals surface area contributed by atoms with Crippen molar-refractivity contribution in [2.24, 2.45) is 17.8 Å². The van der Waals surface area contributed by atoms with Gasteiger partial charge in [0.25, 0.3) is 0 Å². The molecule has 2 aromatic rings. The number of hydrogen-bond donors (Lipinski definition) is 0. The van der Waals surface area contributed by atoms with Gasteiger partial charge in [-0.1, -0.05) is 142 Å². The van der Waals surface area contributed by atoms with Crippen LogP contribution < -0.4 is 10.6 Å². The Morgan fingerprint density at radius 3 is 1.32 bits per heavy atom. The summed E-state index contributed by atoms with van der Waals surface area (Å²) in [4.78, 5) is 0.